The molecular formula is C15H16BrN3O2. The number of rotatable bonds is 1. The van der Waals surface area contributed by atoms with Crippen molar-refractivity contribution in [1.29, 1.82) is 0 Å². The highest BCUT2D eigenvalue weighted by atomic mass is 79.9. The summed E-state index contributed by atoms with van der Waals surface area (Å²) in [6.07, 6.45) is 1.11. The van der Waals surface area contributed by atoms with Gasteiger partial charge in [0, 0.05) is 30.0 Å². The highest BCUT2D eigenvalue weighted by molar-refractivity contribution is 9.10. The molecule has 3 heterocycles. The summed E-state index contributed by atoms with van der Waals surface area (Å²) in [6.45, 7) is 3.51. The molecule has 1 spiro atoms. The number of anilines is 1. The van der Waals surface area contributed by atoms with Crippen molar-refractivity contribution >= 4 is 32.8 Å². The Morgan fingerprint density at radius 1 is 1.38 bits per heavy atom. The highest BCUT2D eigenvalue weighted by Crippen LogP contribution is 2.39. The third kappa shape index (κ3) is 1.92. The smallest absolute Gasteiger partial charge is 0.262 e. The molecule has 5 nitrogen and oxygen atoms in total. The minimum Gasteiger partial charge on any atom is -0.380 e. The van der Waals surface area contributed by atoms with Crippen LogP contribution in [0, 0.1) is 5.41 Å². The second-order valence-electron chi connectivity index (χ2n) is 6.08. The van der Waals surface area contributed by atoms with Crippen LogP contribution in [0.25, 0.3) is 10.9 Å². The minimum absolute atomic E-state index is 0.00195. The fraction of sp³-hybridized carbons (Fsp3) is 0.467. The highest BCUT2D eigenvalue weighted by Gasteiger charge is 2.45. The maximum absolute atomic E-state index is 12.6. The van der Waals surface area contributed by atoms with Gasteiger partial charge in [-0.3, -0.25) is 9.36 Å². The predicted octanol–water partition coefficient (Wildman–Crippen LogP) is 1.92. The second kappa shape index (κ2) is 4.55. The quantitative estimate of drug-likeness (QED) is 0.789. The molecule has 0 saturated carbocycles. The predicted molar refractivity (Wildman–Crippen MR) is 84.8 cm³/mol. The molecule has 110 valence electrons. The molecule has 0 aliphatic carbocycles. The van der Waals surface area contributed by atoms with Gasteiger partial charge in [0.15, 0.2) is 0 Å². The Kier molecular flexibility index (Phi) is 2.87. The molecule has 2 aliphatic rings. The summed E-state index contributed by atoms with van der Waals surface area (Å²) in [4.78, 5) is 19.5. The number of halogens is 1. The molecule has 0 unspecified atom stereocenters. The van der Waals surface area contributed by atoms with Crippen molar-refractivity contribution in [3.05, 3.63) is 33.0 Å². The van der Waals surface area contributed by atoms with E-state index in [9.17, 15) is 4.79 Å². The molecule has 6 heteroatoms. The van der Waals surface area contributed by atoms with Crippen LogP contribution in [0.1, 0.15) is 6.42 Å². The van der Waals surface area contributed by atoms with Gasteiger partial charge in [0.2, 0.25) is 5.95 Å². The summed E-state index contributed by atoms with van der Waals surface area (Å²) in [6, 6.07) is 5.61. The summed E-state index contributed by atoms with van der Waals surface area (Å²) in [5, 5.41) is 0.650. The summed E-state index contributed by atoms with van der Waals surface area (Å²) >= 11 is 3.50. The number of hydrogen-bond donors (Lipinski definition) is 0. The van der Waals surface area contributed by atoms with Gasteiger partial charge in [-0.1, -0.05) is 6.07 Å². The molecule has 0 bridgehead atoms. The van der Waals surface area contributed by atoms with Crippen LogP contribution in [-0.2, 0) is 11.8 Å². The van der Waals surface area contributed by atoms with E-state index in [0.29, 0.717) is 5.39 Å². The van der Waals surface area contributed by atoms with Gasteiger partial charge in [-0.05, 0) is 34.5 Å². The van der Waals surface area contributed by atoms with Gasteiger partial charge in [-0.2, -0.15) is 0 Å². The first-order valence-electron chi connectivity index (χ1n) is 7.08. The largest absolute Gasteiger partial charge is 0.380 e. The van der Waals surface area contributed by atoms with E-state index < -0.39 is 0 Å². The van der Waals surface area contributed by atoms with E-state index >= 15 is 0 Å². The SMILES string of the molecule is Cn1c(N2CCC3(COC3)C2)nc2c(Br)cccc2c1=O. The molecule has 0 radical (unpaired) electrons. The number of benzene rings is 1. The number of nitrogens with zero attached hydrogens (tertiary/aromatic N) is 3. The molecule has 2 aliphatic heterocycles. The van der Waals surface area contributed by atoms with Crippen molar-refractivity contribution in [2.45, 2.75) is 6.42 Å². The number of aromatic nitrogens is 2. The van der Waals surface area contributed by atoms with Crippen molar-refractivity contribution in [1.82, 2.24) is 9.55 Å². The van der Waals surface area contributed by atoms with E-state index in [1.807, 2.05) is 18.2 Å². The average molecular weight is 350 g/mol. The standard InChI is InChI=1S/C15H16BrN3O2/c1-18-13(20)10-3-2-4-11(16)12(10)17-14(18)19-6-5-15(7-19)8-21-9-15/h2-4H,5-9H2,1H3. The van der Waals surface area contributed by atoms with E-state index in [2.05, 4.69) is 20.8 Å². The van der Waals surface area contributed by atoms with Gasteiger partial charge in [-0.15, -0.1) is 0 Å². The maximum atomic E-state index is 12.6. The molecule has 2 fully saturated rings. The number of fused-ring (bicyclic) bond motifs is 1. The van der Waals surface area contributed by atoms with Gasteiger partial charge < -0.3 is 9.64 Å². The van der Waals surface area contributed by atoms with Crippen LogP contribution in [0.4, 0.5) is 5.95 Å². The number of hydrogen-bond acceptors (Lipinski definition) is 4. The summed E-state index contributed by atoms with van der Waals surface area (Å²) in [5.41, 5.74) is 1.02. The first-order valence-corrected chi connectivity index (χ1v) is 7.87. The molecule has 21 heavy (non-hydrogen) atoms. The van der Waals surface area contributed by atoms with E-state index in [0.717, 1.165) is 48.7 Å². The lowest BCUT2D eigenvalue weighted by Crippen LogP contribution is -2.45. The maximum Gasteiger partial charge on any atom is 0.262 e. The molecular weight excluding hydrogens is 334 g/mol. The van der Waals surface area contributed by atoms with Gasteiger partial charge in [0.05, 0.1) is 24.1 Å². The Morgan fingerprint density at radius 3 is 2.86 bits per heavy atom. The van der Waals surface area contributed by atoms with Gasteiger partial charge in [0.1, 0.15) is 0 Å². The third-order valence-electron chi connectivity index (χ3n) is 4.57. The Balaban J connectivity index is 1.84. The molecule has 0 atom stereocenters. The van der Waals surface area contributed by atoms with Gasteiger partial charge in [-0.25, -0.2) is 4.98 Å². The van der Waals surface area contributed by atoms with Crippen LogP contribution in [-0.4, -0.2) is 35.9 Å². The summed E-state index contributed by atoms with van der Waals surface area (Å²) < 4.78 is 7.89. The van der Waals surface area contributed by atoms with Crippen LogP contribution in [0.15, 0.2) is 27.5 Å². The van der Waals surface area contributed by atoms with Crippen LogP contribution in [0.2, 0.25) is 0 Å². The van der Waals surface area contributed by atoms with Crippen molar-refractivity contribution < 1.29 is 4.74 Å². The van der Waals surface area contributed by atoms with Crippen molar-refractivity contribution in [2.75, 3.05) is 31.2 Å². The van der Waals surface area contributed by atoms with Crippen molar-refractivity contribution in [3.63, 3.8) is 0 Å². The van der Waals surface area contributed by atoms with E-state index in [1.54, 1.807) is 11.6 Å². The molecule has 1 aromatic carbocycles. The molecule has 2 saturated heterocycles. The summed E-state index contributed by atoms with van der Waals surface area (Å²) in [5.74, 6) is 0.753. The second-order valence-corrected chi connectivity index (χ2v) is 6.93. The normalized spacial score (nSPS) is 20.2. The average Bonchev–Trinajstić information content (AvgIpc) is 2.89. The van der Waals surface area contributed by atoms with E-state index in [1.165, 1.54) is 0 Å². The zero-order chi connectivity index (χ0) is 14.6. The zero-order valence-electron chi connectivity index (χ0n) is 11.8. The monoisotopic (exact) mass is 349 g/mol. The van der Waals surface area contributed by atoms with Crippen LogP contribution in [0.3, 0.4) is 0 Å². The molecule has 2 aromatic rings. The van der Waals surface area contributed by atoms with E-state index in [4.69, 9.17) is 9.72 Å². The number of ether oxygens (including phenoxy) is 1. The Morgan fingerprint density at radius 2 is 2.19 bits per heavy atom. The zero-order valence-corrected chi connectivity index (χ0v) is 13.4. The van der Waals surface area contributed by atoms with Crippen molar-refractivity contribution in [3.8, 4) is 0 Å². The third-order valence-corrected chi connectivity index (χ3v) is 5.21. The first-order chi connectivity index (χ1) is 10.1. The van der Waals surface area contributed by atoms with Crippen molar-refractivity contribution in [2.24, 2.45) is 12.5 Å². The van der Waals surface area contributed by atoms with Gasteiger partial charge >= 0.3 is 0 Å². The first kappa shape index (κ1) is 13.3. The fourth-order valence-electron chi connectivity index (χ4n) is 3.26. The van der Waals surface area contributed by atoms with Gasteiger partial charge in [0.25, 0.3) is 5.56 Å². The van der Waals surface area contributed by atoms with Crippen LogP contribution < -0.4 is 10.5 Å². The lowest BCUT2D eigenvalue weighted by Gasteiger charge is -2.37. The number of para-hydroxylation sites is 1. The molecule has 0 amide bonds. The molecule has 0 N–H and O–H groups in total. The van der Waals surface area contributed by atoms with E-state index in [-0.39, 0.29) is 11.0 Å². The lowest BCUT2D eigenvalue weighted by molar-refractivity contribution is -0.0985. The topological polar surface area (TPSA) is 47.4 Å². The minimum atomic E-state index is 0.00195. The Hall–Kier alpha value is -1.40. The summed E-state index contributed by atoms with van der Waals surface area (Å²) in [7, 11) is 1.80. The Bertz CT molecular complexity index is 782. The van der Waals surface area contributed by atoms with Crippen LogP contribution in [0.5, 0.6) is 0 Å². The fourth-order valence-corrected chi connectivity index (χ4v) is 3.72. The Labute approximate surface area is 130 Å². The lowest BCUT2D eigenvalue weighted by atomic mass is 9.85. The van der Waals surface area contributed by atoms with Crippen LogP contribution >= 0.6 is 15.9 Å². The molecule has 4 rings (SSSR count). The molecule has 1 aromatic heterocycles.